The van der Waals surface area contributed by atoms with Gasteiger partial charge in [0.2, 0.25) is 10.9 Å². The fourth-order valence-corrected chi connectivity index (χ4v) is 2.88. The number of aromatic amines is 1. The van der Waals surface area contributed by atoms with Crippen LogP contribution >= 0.6 is 11.6 Å². The number of benzene rings is 3. The number of para-hydroxylation sites is 2. The molecule has 0 amide bonds. The summed E-state index contributed by atoms with van der Waals surface area (Å²) in [5, 5.41) is 0.636. The fraction of sp³-hybridized carbons (Fsp3) is 0. The van der Waals surface area contributed by atoms with Gasteiger partial charge in [-0.3, -0.25) is 9.59 Å². The van der Waals surface area contributed by atoms with E-state index in [1.165, 1.54) is 12.1 Å². The minimum absolute atomic E-state index is 0.522. The number of hydrogen-bond donors (Lipinski definition) is 1. The highest BCUT2D eigenvalue weighted by atomic mass is 35.5. The first kappa shape index (κ1) is 13.8. The number of nitrogens with zero attached hydrogens (tertiary/aromatic N) is 1. The SMILES string of the molecule is O=c1cc2[nH]c3ccccc3n(-c3ccc(Cl)cc3)c-2cc1=O. The fourth-order valence-electron chi connectivity index (χ4n) is 2.75. The van der Waals surface area contributed by atoms with Crippen molar-refractivity contribution in [1.82, 2.24) is 9.55 Å². The van der Waals surface area contributed by atoms with E-state index >= 15 is 0 Å². The summed E-state index contributed by atoms with van der Waals surface area (Å²) in [6.07, 6.45) is 0. The van der Waals surface area contributed by atoms with Crippen LogP contribution in [-0.2, 0) is 0 Å². The smallest absolute Gasteiger partial charge is 0.227 e. The van der Waals surface area contributed by atoms with Crippen molar-refractivity contribution in [2.75, 3.05) is 0 Å². The second-order valence-corrected chi connectivity index (χ2v) is 5.71. The molecule has 0 unspecified atom stereocenters. The first-order valence-corrected chi connectivity index (χ1v) is 7.45. The Morgan fingerprint density at radius 2 is 1.57 bits per heavy atom. The lowest BCUT2D eigenvalue weighted by molar-refractivity contribution is 1.07. The molecular formula is C18H11ClN2O2. The number of aromatic nitrogens is 2. The van der Waals surface area contributed by atoms with Crippen molar-refractivity contribution >= 4 is 22.6 Å². The Morgan fingerprint density at radius 3 is 2.35 bits per heavy atom. The summed E-state index contributed by atoms with van der Waals surface area (Å²) >= 11 is 5.97. The zero-order valence-electron chi connectivity index (χ0n) is 11.9. The van der Waals surface area contributed by atoms with Gasteiger partial charge in [-0.05, 0) is 36.4 Å². The standard InChI is InChI=1S/C18H11ClN2O2/c19-11-5-7-12(8-6-11)21-15-4-2-1-3-13(15)20-14-9-17(22)18(23)10-16(14)21/h1-10,20H. The molecule has 0 bridgehead atoms. The van der Waals surface area contributed by atoms with Gasteiger partial charge in [-0.25, -0.2) is 0 Å². The summed E-state index contributed by atoms with van der Waals surface area (Å²) in [5.41, 5.74) is 2.85. The minimum Gasteiger partial charge on any atom is -0.352 e. The predicted molar refractivity (Wildman–Crippen MR) is 91.8 cm³/mol. The molecule has 2 aliphatic rings. The van der Waals surface area contributed by atoms with Crippen LogP contribution in [-0.4, -0.2) is 9.55 Å². The van der Waals surface area contributed by atoms with E-state index in [0.29, 0.717) is 16.4 Å². The van der Waals surface area contributed by atoms with E-state index in [0.717, 1.165) is 16.7 Å². The number of halogens is 1. The molecule has 1 aliphatic carbocycles. The molecule has 23 heavy (non-hydrogen) atoms. The van der Waals surface area contributed by atoms with Crippen molar-refractivity contribution in [1.29, 1.82) is 0 Å². The predicted octanol–water partition coefficient (Wildman–Crippen LogP) is 3.44. The lowest BCUT2D eigenvalue weighted by Crippen LogP contribution is -2.24. The first-order valence-electron chi connectivity index (χ1n) is 7.07. The Hall–Kier alpha value is -2.85. The van der Waals surface area contributed by atoms with Crippen LogP contribution < -0.4 is 10.9 Å². The van der Waals surface area contributed by atoms with E-state index in [1.54, 1.807) is 12.1 Å². The molecule has 4 nitrogen and oxygen atoms in total. The molecular weight excluding hydrogens is 312 g/mol. The highest BCUT2D eigenvalue weighted by molar-refractivity contribution is 6.30. The number of nitrogens with one attached hydrogen (secondary N) is 1. The molecule has 0 spiro atoms. The van der Waals surface area contributed by atoms with Gasteiger partial charge in [-0.2, -0.15) is 0 Å². The molecule has 2 aromatic rings. The van der Waals surface area contributed by atoms with Crippen molar-refractivity contribution in [3.63, 3.8) is 0 Å². The van der Waals surface area contributed by atoms with E-state index in [4.69, 9.17) is 11.6 Å². The molecule has 0 atom stereocenters. The Bertz CT molecular complexity index is 1110. The van der Waals surface area contributed by atoms with Gasteiger partial charge in [0.15, 0.2) is 0 Å². The van der Waals surface area contributed by atoms with E-state index in [2.05, 4.69) is 4.98 Å². The number of rotatable bonds is 1. The molecule has 1 heterocycles. The number of H-pyrrole nitrogens is 1. The van der Waals surface area contributed by atoms with Crippen LogP contribution in [0.2, 0.25) is 5.02 Å². The van der Waals surface area contributed by atoms with E-state index in [-0.39, 0.29) is 0 Å². The van der Waals surface area contributed by atoms with Gasteiger partial charge in [0.25, 0.3) is 0 Å². The van der Waals surface area contributed by atoms with Crippen molar-refractivity contribution in [3.05, 3.63) is 86.1 Å². The summed E-state index contributed by atoms with van der Waals surface area (Å²) in [6, 6.07) is 17.8. The van der Waals surface area contributed by atoms with Gasteiger partial charge in [-0.1, -0.05) is 23.7 Å². The maximum absolute atomic E-state index is 11.8. The summed E-state index contributed by atoms with van der Waals surface area (Å²) < 4.78 is 1.94. The molecule has 4 rings (SSSR count). The Labute approximate surface area is 135 Å². The summed E-state index contributed by atoms with van der Waals surface area (Å²) in [7, 11) is 0. The number of hydrogen-bond acceptors (Lipinski definition) is 2. The van der Waals surface area contributed by atoms with Gasteiger partial charge in [0.1, 0.15) is 0 Å². The largest absolute Gasteiger partial charge is 0.352 e. The molecule has 1 aliphatic heterocycles. The van der Waals surface area contributed by atoms with Gasteiger partial charge < -0.3 is 9.55 Å². The van der Waals surface area contributed by atoms with E-state index in [1.807, 2.05) is 41.0 Å². The third-order valence-corrected chi connectivity index (χ3v) is 4.05. The molecule has 5 heteroatoms. The normalized spacial score (nSPS) is 11.2. The molecule has 2 aromatic carbocycles. The zero-order chi connectivity index (χ0) is 16.0. The molecule has 0 saturated heterocycles. The van der Waals surface area contributed by atoms with Crippen LogP contribution in [0, 0.1) is 0 Å². The Balaban J connectivity index is 2.22. The van der Waals surface area contributed by atoms with Crippen LogP contribution in [0.1, 0.15) is 0 Å². The monoisotopic (exact) mass is 322 g/mol. The van der Waals surface area contributed by atoms with Crippen molar-refractivity contribution in [2.24, 2.45) is 0 Å². The number of fused-ring (bicyclic) bond motifs is 2. The highest BCUT2D eigenvalue weighted by Gasteiger charge is 2.14. The van der Waals surface area contributed by atoms with Gasteiger partial charge >= 0.3 is 0 Å². The summed E-state index contributed by atoms with van der Waals surface area (Å²) in [4.78, 5) is 26.8. The van der Waals surface area contributed by atoms with Crippen molar-refractivity contribution < 1.29 is 0 Å². The second kappa shape index (κ2) is 5.11. The van der Waals surface area contributed by atoms with Crippen LogP contribution in [0.25, 0.3) is 28.1 Å². The topological polar surface area (TPSA) is 54.9 Å². The lowest BCUT2D eigenvalue weighted by Gasteiger charge is -2.19. The maximum Gasteiger partial charge on any atom is 0.227 e. The molecule has 0 fully saturated rings. The van der Waals surface area contributed by atoms with Crippen LogP contribution in [0.15, 0.2) is 70.3 Å². The molecule has 0 radical (unpaired) electrons. The van der Waals surface area contributed by atoms with Crippen LogP contribution in [0.4, 0.5) is 0 Å². The average molecular weight is 323 g/mol. The van der Waals surface area contributed by atoms with Gasteiger partial charge in [0.05, 0.1) is 22.4 Å². The van der Waals surface area contributed by atoms with Crippen LogP contribution in [0.5, 0.6) is 0 Å². The van der Waals surface area contributed by atoms with E-state index in [9.17, 15) is 9.59 Å². The third kappa shape index (κ3) is 2.24. The van der Waals surface area contributed by atoms with Crippen molar-refractivity contribution in [2.45, 2.75) is 0 Å². The molecule has 112 valence electrons. The first-order chi connectivity index (χ1) is 11.1. The zero-order valence-corrected chi connectivity index (χ0v) is 12.7. The summed E-state index contributed by atoms with van der Waals surface area (Å²) in [6.45, 7) is 0. The van der Waals surface area contributed by atoms with E-state index < -0.39 is 10.9 Å². The molecule has 1 N–H and O–H groups in total. The average Bonchev–Trinajstić information content (AvgIpc) is 2.55. The van der Waals surface area contributed by atoms with Gasteiger partial charge in [-0.15, -0.1) is 0 Å². The third-order valence-electron chi connectivity index (χ3n) is 3.80. The molecule has 0 aromatic heterocycles. The highest BCUT2D eigenvalue weighted by Crippen LogP contribution is 2.27. The quantitative estimate of drug-likeness (QED) is 0.431. The molecule has 0 saturated carbocycles. The van der Waals surface area contributed by atoms with Gasteiger partial charge in [0, 0.05) is 22.8 Å². The van der Waals surface area contributed by atoms with Crippen molar-refractivity contribution in [3.8, 4) is 17.1 Å². The maximum atomic E-state index is 11.8. The lowest BCUT2D eigenvalue weighted by atomic mass is 10.1. The Kier molecular flexibility index (Phi) is 3.06. The Morgan fingerprint density at radius 1 is 0.870 bits per heavy atom. The second-order valence-electron chi connectivity index (χ2n) is 5.27. The minimum atomic E-state index is -0.524. The summed E-state index contributed by atoms with van der Waals surface area (Å²) in [5.74, 6) is 0. The van der Waals surface area contributed by atoms with Crippen LogP contribution in [0.3, 0.4) is 0 Å².